The number of fused-ring (bicyclic) bond motifs is 1. The van der Waals surface area contributed by atoms with E-state index in [1.54, 1.807) is 4.90 Å². The summed E-state index contributed by atoms with van der Waals surface area (Å²) in [5.41, 5.74) is 3.23. The highest BCUT2D eigenvalue weighted by atomic mass is 16.2. The fourth-order valence-corrected chi connectivity index (χ4v) is 3.21. The van der Waals surface area contributed by atoms with Crippen LogP contribution in [0.1, 0.15) is 45.2 Å². The highest BCUT2D eigenvalue weighted by Crippen LogP contribution is 2.47. The van der Waals surface area contributed by atoms with Crippen LogP contribution in [0.2, 0.25) is 0 Å². The minimum atomic E-state index is -0.381. The third-order valence-electron chi connectivity index (χ3n) is 3.77. The van der Waals surface area contributed by atoms with Crippen LogP contribution in [-0.4, -0.2) is 13.0 Å². The summed E-state index contributed by atoms with van der Waals surface area (Å²) in [5, 5.41) is 0. The SMILES string of the molecule is Cc1ccc2c(c1)[C@](C)(CC(C)(C)C)C(=O)N2C. The fourth-order valence-electron chi connectivity index (χ4n) is 3.21. The molecule has 0 aliphatic carbocycles. The summed E-state index contributed by atoms with van der Waals surface area (Å²) in [5.74, 6) is 0.220. The average Bonchev–Trinajstić information content (AvgIpc) is 2.39. The first-order chi connectivity index (χ1) is 8.15. The van der Waals surface area contributed by atoms with E-state index in [-0.39, 0.29) is 16.7 Å². The average molecular weight is 245 g/mol. The molecule has 1 aliphatic heterocycles. The number of amides is 1. The number of anilines is 1. The van der Waals surface area contributed by atoms with Gasteiger partial charge in [-0.1, -0.05) is 38.5 Å². The molecule has 0 fully saturated rings. The second-order valence-corrected chi connectivity index (χ2v) is 6.95. The summed E-state index contributed by atoms with van der Waals surface area (Å²) in [6.45, 7) is 10.8. The molecule has 2 rings (SSSR count). The Labute approximate surface area is 110 Å². The van der Waals surface area contributed by atoms with Crippen molar-refractivity contribution in [3.05, 3.63) is 29.3 Å². The van der Waals surface area contributed by atoms with Crippen molar-refractivity contribution < 1.29 is 4.79 Å². The van der Waals surface area contributed by atoms with Crippen LogP contribution in [-0.2, 0) is 10.2 Å². The van der Waals surface area contributed by atoms with E-state index < -0.39 is 0 Å². The van der Waals surface area contributed by atoms with Crippen molar-refractivity contribution in [2.45, 2.75) is 46.5 Å². The largest absolute Gasteiger partial charge is 0.314 e. The van der Waals surface area contributed by atoms with Gasteiger partial charge in [0.2, 0.25) is 5.91 Å². The first-order valence-electron chi connectivity index (χ1n) is 6.54. The summed E-state index contributed by atoms with van der Waals surface area (Å²) < 4.78 is 0. The zero-order valence-corrected chi connectivity index (χ0v) is 12.3. The van der Waals surface area contributed by atoms with Crippen LogP contribution in [0.25, 0.3) is 0 Å². The van der Waals surface area contributed by atoms with Crippen molar-refractivity contribution in [2.75, 3.05) is 11.9 Å². The fraction of sp³-hybridized carbons (Fsp3) is 0.562. The van der Waals surface area contributed by atoms with Gasteiger partial charge in [0.25, 0.3) is 0 Å². The maximum absolute atomic E-state index is 12.6. The molecule has 1 aromatic rings. The Bertz CT molecular complexity index is 498. The zero-order chi connectivity index (χ0) is 13.7. The Hall–Kier alpha value is -1.31. The van der Waals surface area contributed by atoms with Crippen LogP contribution in [0.4, 0.5) is 5.69 Å². The lowest BCUT2D eigenvalue weighted by molar-refractivity contribution is -0.123. The molecule has 2 nitrogen and oxygen atoms in total. The number of aryl methyl sites for hydroxylation is 1. The maximum Gasteiger partial charge on any atom is 0.237 e. The molecule has 2 heteroatoms. The van der Waals surface area contributed by atoms with E-state index in [1.807, 2.05) is 7.05 Å². The molecule has 0 spiro atoms. The smallest absolute Gasteiger partial charge is 0.237 e. The minimum Gasteiger partial charge on any atom is -0.314 e. The van der Waals surface area contributed by atoms with Gasteiger partial charge in [-0.2, -0.15) is 0 Å². The zero-order valence-electron chi connectivity index (χ0n) is 12.3. The van der Waals surface area contributed by atoms with E-state index in [4.69, 9.17) is 0 Å². The van der Waals surface area contributed by atoms with E-state index in [1.165, 1.54) is 11.1 Å². The molecule has 0 aromatic heterocycles. The normalized spacial score (nSPS) is 23.4. The lowest BCUT2D eigenvalue weighted by Gasteiger charge is -2.31. The van der Waals surface area contributed by atoms with Crippen LogP contribution < -0.4 is 4.90 Å². The predicted molar refractivity (Wildman–Crippen MR) is 76.0 cm³/mol. The van der Waals surface area contributed by atoms with Crippen molar-refractivity contribution in [1.82, 2.24) is 0 Å². The Balaban J connectivity index is 2.57. The van der Waals surface area contributed by atoms with Gasteiger partial charge < -0.3 is 4.90 Å². The Morgan fingerprint density at radius 1 is 1.28 bits per heavy atom. The predicted octanol–water partition coefficient (Wildman–Crippen LogP) is 3.67. The monoisotopic (exact) mass is 245 g/mol. The molecule has 1 atom stereocenters. The van der Waals surface area contributed by atoms with Gasteiger partial charge in [-0.25, -0.2) is 0 Å². The first-order valence-corrected chi connectivity index (χ1v) is 6.54. The number of likely N-dealkylation sites (N-methyl/N-ethyl adjacent to an activating group) is 1. The van der Waals surface area contributed by atoms with E-state index in [0.717, 1.165) is 12.1 Å². The van der Waals surface area contributed by atoms with Gasteiger partial charge in [-0.05, 0) is 37.3 Å². The third kappa shape index (κ3) is 1.94. The van der Waals surface area contributed by atoms with Gasteiger partial charge >= 0.3 is 0 Å². The topological polar surface area (TPSA) is 20.3 Å². The van der Waals surface area contributed by atoms with Gasteiger partial charge in [0.05, 0.1) is 5.41 Å². The lowest BCUT2D eigenvalue weighted by Crippen LogP contribution is -2.39. The van der Waals surface area contributed by atoms with E-state index >= 15 is 0 Å². The Morgan fingerprint density at radius 2 is 1.89 bits per heavy atom. The van der Waals surface area contributed by atoms with Crippen molar-refractivity contribution in [1.29, 1.82) is 0 Å². The molecule has 1 amide bonds. The molecule has 1 heterocycles. The highest BCUT2D eigenvalue weighted by molar-refractivity contribution is 6.07. The van der Waals surface area contributed by atoms with Gasteiger partial charge in [-0.15, -0.1) is 0 Å². The van der Waals surface area contributed by atoms with Crippen LogP contribution in [0.15, 0.2) is 18.2 Å². The number of rotatable bonds is 1. The molecule has 0 N–H and O–H groups in total. The lowest BCUT2D eigenvalue weighted by atomic mass is 9.71. The van der Waals surface area contributed by atoms with Gasteiger partial charge in [0.1, 0.15) is 0 Å². The number of carbonyl (C=O) groups excluding carboxylic acids is 1. The number of carbonyl (C=O) groups is 1. The quantitative estimate of drug-likeness (QED) is 0.739. The molecule has 0 saturated carbocycles. The maximum atomic E-state index is 12.6. The van der Waals surface area contributed by atoms with Crippen molar-refractivity contribution >= 4 is 11.6 Å². The number of hydrogen-bond donors (Lipinski definition) is 0. The molecule has 1 aliphatic rings. The Kier molecular flexibility index (Phi) is 2.80. The number of hydrogen-bond acceptors (Lipinski definition) is 1. The molecule has 18 heavy (non-hydrogen) atoms. The first kappa shape index (κ1) is 13.1. The second-order valence-electron chi connectivity index (χ2n) is 6.95. The summed E-state index contributed by atoms with van der Waals surface area (Å²) in [6, 6.07) is 6.31. The van der Waals surface area contributed by atoms with Gasteiger partial charge in [0, 0.05) is 12.7 Å². The highest BCUT2D eigenvalue weighted by Gasteiger charge is 2.47. The van der Waals surface area contributed by atoms with Gasteiger partial charge in [0.15, 0.2) is 0 Å². The third-order valence-corrected chi connectivity index (χ3v) is 3.77. The molecular weight excluding hydrogens is 222 g/mol. The summed E-state index contributed by atoms with van der Waals surface area (Å²) in [6.07, 6.45) is 0.875. The number of nitrogens with zero attached hydrogens (tertiary/aromatic N) is 1. The Morgan fingerprint density at radius 3 is 2.44 bits per heavy atom. The van der Waals surface area contributed by atoms with Crippen molar-refractivity contribution in [3.63, 3.8) is 0 Å². The standard InChI is InChI=1S/C16H23NO/c1-11-7-8-13-12(9-11)16(5,10-15(2,3)4)14(18)17(13)6/h7-9H,10H2,1-6H3/t16-/m0/s1. The van der Waals surface area contributed by atoms with E-state index in [0.29, 0.717) is 0 Å². The van der Waals surface area contributed by atoms with Gasteiger partial charge in [-0.3, -0.25) is 4.79 Å². The van der Waals surface area contributed by atoms with E-state index in [9.17, 15) is 4.79 Å². The molecule has 0 bridgehead atoms. The molecule has 1 aromatic carbocycles. The second kappa shape index (κ2) is 3.84. The molecule has 0 unspecified atom stereocenters. The van der Waals surface area contributed by atoms with Crippen molar-refractivity contribution in [3.8, 4) is 0 Å². The summed E-state index contributed by atoms with van der Waals surface area (Å²) in [7, 11) is 1.88. The van der Waals surface area contributed by atoms with Crippen LogP contribution in [0.5, 0.6) is 0 Å². The molecular formula is C16H23NO. The van der Waals surface area contributed by atoms with Crippen LogP contribution in [0, 0.1) is 12.3 Å². The molecule has 0 radical (unpaired) electrons. The summed E-state index contributed by atoms with van der Waals surface area (Å²) >= 11 is 0. The van der Waals surface area contributed by atoms with Crippen LogP contribution in [0.3, 0.4) is 0 Å². The summed E-state index contributed by atoms with van der Waals surface area (Å²) in [4.78, 5) is 14.4. The number of benzene rings is 1. The molecule has 98 valence electrons. The van der Waals surface area contributed by atoms with Crippen molar-refractivity contribution in [2.24, 2.45) is 5.41 Å². The molecule has 0 saturated heterocycles. The minimum absolute atomic E-state index is 0.136. The van der Waals surface area contributed by atoms with Crippen LogP contribution >= 0.6 is 0 Å². The van der Waals surface area contributed by atoms with E-state index in [2.05, 4.69) is 52.8 Å².